The van der Waals surface area contributed by atoms with Crippen molar-refractivity contribution in [3.05, 3.63) is 45.0 Å². The Kier molecular flexibility index (Phi) is 5.95. The molecule has 1 fully saturated rings. The maximum atomic E-state index is 12.2. The Balaban J connectivity index is 2.05. The fraction of sp³-hybridized carbons (Fsp3) is 0.438. The van der Waals surface area contributed by atoms with E-state index < -0.39 is 4.92 Å². The van der Waals surface area contributed by atoms with Gasteiger partial charge >= 0.3 is 0 Å². The van der Waals surface area contributed by atoms with Gasteiger partial charge in [-0.1, -0.05) is 36.9 Å². The minimum atomic E-state index is -0.528. The van der Waals surface area contributed by atoms with Crippen LogP contribution in [0.25, 0.3) is 6.08 Å². The zero-order valence-corrected chi connectivity index (χ0v) is 13.1. The lowest BCUT2D eigenvalue weighted by molar-refractivity contribution is -0.384. The van der Waals surface area contributed by atoms with E-state index in [9.17, 15) is 14.9 Å². The predicted octanol–water partition coefficient (Wildman–Crippen LogP) is 4.05. The molecule has 0 radical (unpaired) electrons. The SMILES string of the molecule is O=C(/C=C/c1ccc(Cl)c([N+](=O)[O-])c1)N1CCCCCCC1. The molecule has 1 aromatic carbocycles. The summed E-state index contributed by atoms with van der Waals surface area (Å²) < 4.78 is 0. The van der Waals surface area contributed by atoms with Crippen LogP contribution in [-0.2, 0) is 4.79 Å². The lowest BCUT2D eigenvalue weighted by Crippen LogP contribution is -2.32. The lowest BCUT2D eigenvalue weighted by atomic mass is 10.1. The molecular formula is C16H19ClN2O3. The standard InChI is InChI=1S/C16H19ClN2O3/c17-14-8-6-13(12-15(14)19(21)22)7-9-16(20)18-10-4-2-1-3-5-11-18/h6-9,12H,1-5,10-11H2/b9-7+. The van der Waals surface area contributed by atoms with Gasteiger partial charge in [0.2, 0.25) is 5.91 Å². The molecule has 1 aromatic rings. The molecule has 118 valence electrons. The first-order valence-electron chi connectivity index (χ1n) is 7.49. The summed E-state index contributed by atoms with van der Waals surface area (Å²) in [6.45, 7) is 1.56. The molecule has 0 bridgehead atoms. The second-order valence-corrected chi connectivity index (χ2v) is 5.80. The van der Waals surface area contributed by atoms with Crippen molar-refractivity contribution in [3.8, 4) is 0 Å². The highest BCUT2D eigenvalue weighted by atomic mass is 35.5. The van der Waals surface area contributed by atoms with E-state index in [0.29, 0.717) is 5.56 Å². The van der Waals surface area contributed by atoms with Gasteiger partial charge in [0.05, 0.1) is 4.92 Å². The van der Waals surface area contributed by atoms with Gasteiger partial charge in [-0.05, 0) is 30.5 Å². The zero-order chi connectivity index (χ0) is 15.9. The van der Waals surface area contributed by atoms with E-state index in [0.717, 1.165) is 38.8 Å². The summed E-state index contributed by atoms with van der Waals surface area (Å²) in [5.74, 6) is -0.0421. The van der Waals surface area contributed by atoms with Gasteiger partial charge in [-0.3, -0.25) is 14.9 Å². The maximum absolute atomic E-state index is 12.2. The number of halogens is 1. The highest BCUT2D eigenvalue weighted by Crippen LogP contribution is 2.25. The molecule has 1 aliphatic heterocycles. The van der Waals surface area contributed by atoms with Crippen LogP contribution in [0.3, 0.4) is 0 Å². The van der Waals surface area contributed by atoms with Gasteiger partial charge in [-0.25, -0.2) is 0 Å². The van der Waals surface area contributed by atoms with Crippen molar-refractivity contribution >= 4 is 29.3 Å². The van der Waals surface area contributed by atoms with E-state index >= 15 is 0 Å². The third kappa shape index (κ3) is 4.56. The molecule has 1 saturated heterocycles. The number of hydrogen-bond donors (Lipinski definition) is 0. The third-order valence-corrected chi connectivity index (χ3v) is 4.07. The van der Waals surface area contributed by atoms with E-state index in [1.807, 2.05) is 4.90 Å². The monoisotopic (exact) mass is 322 g/mol. The topological polar surface area (TPSA) is 63.4 Å². The van der Waals surface area contributed by atoms with Crippen LogP contribution in [0.4, 0.5) is 5.69 Å². The molecule has 0 saturated carbocycles. The number of carbonyl (C=O) groups excluding carboxylic acids is 1. The van der Waals surface area contributed by atoms with E-state index in [2.05, 4.69) is 0 Å². The Labute approximate surface area is 134 Å². The first kappa shape index (κ1) is 16.5. The molecule has 1 heterocycles. The summed E-state index contributed by atoms with van der Waals surface area (Å²) in [5, 5.41) is 10.9. The van der Waals surface area contributed by atoms with Crippen molar-refractivity contribution in [1.82, 2.24) is 4.90 Å². The average molecular weight is 323 g/mol. The first-order valence-corrected chi connectivity index (χ1v) is 7.86. The molecule has 1 amide bonds. The minimum absolute atomic E-state index is 0.0421. The maximum Gasteiger partial charge on any atom is 0.288 e. The van der Waals surface area contributed by atoms with Crippen LogP contribution in [0, 0.1) is 10.1 Å². The van der Waals surface area contributed by atoms with Gasteiger partial charge < -0.3 is 4.90 Å². The summed E-state index contributed by atoms with van der Waals surface area (Å²) in [4.78, 5) is 24.4. The molecule has 22 heavy (non-hydrogen) atoms. The summed E-state index contributed by atoms with van der Waals surface area (Å²) in [6, 6.07) is 4.51. The summed E-state index contributed by atoms with van der Waals surface area (Å²) in [7, 11) is 0. The van der Waals surface area contributed by atoms with Crippen molar-refractivity contribution in [3.63, 3.8) is 0 Å². The molecule has 0 aliphatic carbocycles. The molecule has 5 nitrogen and oxygen atoms in total. The molecular weight excluding hydrogens is 304 g/mol. The van der Waals surface area contributed by atoms with Gasteiger partial charge in [-0.15, -0.1) is 0 Å². The average Bonchev–Trinajstić information content (AvgIpc) is 2.45. The highest BCUT2D eigenvalue weighted by molar-refractivity contribution is 6.32. The second kappa shape index (κ2) is 7.94. The number of nitrogens with zero attached hydrogens (tertiary/aromatic N) is 2. The Hall–Kier alpha value is -1.88. The van der Waals surface area contributed by atoms with Gasteiger partial charge in [-0.2, -0.15) is 0 Å². The van der Waals surface area contributed by atoms with Crippen LogP contribution in [0.1, 0.15) is 37.7 Å². The van der Waals surface area contributed by atoms with Crippen LogP contribution >= 0.6 is 11.6 Å². The zero-order valence-electron chi connectivity index (χ0n) is 12.3. The van der Waals surface area contributed by atoms with Crippen molar-refractivity contribution in [1.29, 1.82) is 0 Å². The van der Waals surface area contributed by atoms with Crippen LogP contribution in [0.5, 0.6) is 0 Å². The van der Waals surface area contributed by atoms with E-state index in [4.69, 9.17) is 11.6 Å². The summed E-state index contributed by atoms with van der Waals surface area (Å²) >= 11 is 5.77. The normalized spacial score (nSPS) is 16.3. The number of amides is 1. The molecule has 6 heteroatoms. The van der Waals surface area contributed by atoms with Crippen LogP contribution in [0.2, 0.25) is 5.02 Å². The Morgan fingerprint density at radius 1 is 1.18 bits per heavy atom. The van der Waals surface area contributed by atoms with Crippen LogP contribution in [0.15, 0.2) is 24.3 Å². The number of likely N-dealkylation sites (tertiary alicyclic amines) is 1. The molecule has 0 spiro atoms. The first-order chi connectivity index (χ1) is 10.6. The molecule has 0 atom stereocenters. The number of nitro benzene ring substituents is 1. The fourth-order valence-corrected chi connectivity index (χ4v) is 2.70. The highest BCUT2D eigenvalue weighted by Gasteiger charge is 2.14. The van der Waals surface area contributed by atoms with E-state index in [-0.39, 0.29) is 16.6 Å². The molecule has 0 unspecified atom stereocenters. The lowest BCUT2D eigenvalue weighted by Gasteiger charge is -2.23. The van der Waals surface area contributed by atoms with Gasteiger partial charge in [0.25, 0.3) is 5.69 Å². The Morgan fingerprint density at radius 3 is 2.45 bits per heavy atom. The third-order valence-electron chi connectivity index (χ3n) is 3.75. The molecule has 1 aliphatic rings. The van der Waals surface area contributed by atoms with Crippen molar-refractivity contribution < 1.29 is 9.72 Å². The van der Waals surface area contributed by atoms with E-state index in [1.54, 1.807) is 12.1 Å². The largest absolute Gasteiger partial charge is 0.339 e. The Bertz CT molecular complexity index is 579. The molecule has 0 aromatic heterocycles. The quantitative estimate of drug-likeness (QED) is 0.479. The van der Waals surface area contributed by atoms with Crippen LogP contribution < -0.4 is 0 Å². The van der Waals surface area contributed by atoms with Gasteiger partial charge in [0.15, 0.2) is 0 Å². The fourth-order valence-electron chi connectivity index (χ4n) is 2.51. The summed E-state index contributed by atoms with van der Waals surface area (Å²) in [6.07, 6.45) is 8.72. The van der Waals surface area contributed by atoms with Crippen molar-refractivity contribution in [2.75, 3.05) is 13.1 Å². The number of rotatable bonds is 3. The Morgan fingerprint density at radius 2 is 1.82 bits per heavy atom. The van der Waals surface area contributed by atoms with Crippen molar-refractivity contribution in [2.45, 2.75) is 32.1 Å². The number of carbonyl (C=O) groups is 1. The van der Waals surface area contributed by atoms with E-state index in [1.165, 1.54) is 24.6 Å². The minimum Gasteiger partial charge on any atom is -0.339 e. The molecule has 0 N–H and O–H groups in total. The van der Waals surface area contributed by atoms with Crippen LogP contribution in [-0.4, -0.2) is 28.8 Å². The second-order valence-electron chi connectivity index (χ2n) is 5.39. The predicted molar refractivity (Wildman–Crippen MR) is 86.8 cm³/mol. The number of hydrogen-bond acceptors (Lipinski definition) is 3. The van der Waals surface area contributed by atoms with Gasteiger partial charge in [0.1, 0.15) is 5.02 Å². The number of benzene rings is 1. The van der Waals surface area contributed by atoms with Crippen molar-refractivity contribution in [2.24, 2.45) is 0 Å². The van der Waals surface area contributed by atoms with Gasteiger partial charge in [0, 0.05) is 25.2 Å². The summed E-state index contributed by atoms with van der Waals surface area (Å²) in [5.41, 5.74) is 0.444. The number of nitro groups is 1. The smallest absolute Gasteiger partial charge is 0.288 e. The molecule has 2 rings (SSSR count).